The molecule has 1 aromatic carbocycles. The maximum atomic E-state index is 9.02. The zero-order chi connectivity index (χ0) is 15.9. The van der Waals surface area contributed by atoms with Gasteiger partial charge in [0.25, 0.3) is 0 Å². The summed E-state index contributed by atoms with van der Waals surface area (Å²) in [6.07, 6.45) is 1.37. The monoisotopic (exact) mass is 292 g/mol. The second-order valence-electron chi connectivity index (χ2n) is 5.46. The zero-order valence-corrected chi connectivity index (χ0v) is 13.2. The summed E-state index contributed by atoms with van der Waals surface area (Å²) in [6.45, 7) is 4.75. The van der Waals surface area contributed by atoms with E-state index in [4.69, 9.17) is 25.2 Å². The zero-order valence-electron chi connectivity index (χ0n) is 13.2. The molecule has 0 fully saturated rings. The van der Waals surface area contributed by atoms with Gasteiger partial charge in [-0.1, -0.05) is 0 Å². The Labute approximate surface area is 126 Å². The highest BCUT2D eigenvalue weighted by Crippen LogP contribution is 2.39. The highest BCUT2D eigenvalue weighted by atomic mass is 16.5. The molecule has 0 spiro atoms. The van der Waals surface area contributed by atoms with E-state index in [2.05, 4.69) is 6.07 Å². The molecule has 0 saturated heterocycles. The summed E-state index contributed by atoms with van der Waals surface area (Å²) in [4.78, 5) is 0. The fraction of sp³-hybridized carbons (Fsp3) is 0.562. The van der Waals surface area contributed by atoms with Crippen LogP contribution in [-0.2, 0) is 6.42 Å². The van der Waals surface area contributed by atoms with Crippen molar-refractivity contribution >= 4 is 0 Å². The lowest BCUT2D eigenvalue weighted by molar-refractivity contribution is 0.240. The van der Waals surface area contributed by atoms with Gasteiger partial charge < -0.3 is 19.9 Å². The average molecular weight is 292 g/mol. The van der Waals surface area contributed by atoms with Gasteiger partial charge in [-0.15, -0.1) is 0 Å². The number of hydrogen-bond acceptors (Lipinski definition) is 5. The number of nitrogens with zero attached hydrogens (tertiary/aromatic N) is 1. The second-order valence-corrected chi connectivity index (χ2v) is 5.46. The third-order valence-corrected chi connectivity index (χ3v) is 3.23. The van der Waals surface area contributed by atoms with Crippen molar-refractivity contribution in [1.82, 2.24) is 0 Å². The summed E-state index contributed by atoms with van der Waals surface area (Å²) in [6, 6.07) is 6.06. The molecule has 0 aliphatic heterocycles. The number of nitrogens with two attached hydrogens (primary N) is 1. The topological polar surface area (TPSA) is 77.5 Å². The molecular weight excluding hydrogens is 268 g/mol. The number of nitriles is 1. The maximum absolute atomic E-state index is 9.02. The molecule has 0 aromatic heterocycles. The Balaban J connectivity index is 2.92. The number of methoxy groups -OCH3 is 2. The Bertz CT molecular complexity index is 482. The normalized spacial score (nSPS) is 10.9. The predicted molar refractivity (Wildman–Crippen MR) is 81.8 cm³/mol. The Morgan fingerprint density at radius 3 is 2.19 bits per heavy atom. The average Bonchev–Trinajstić information content (AvgIpc) is 2.48. The summed E-state index contributed by atoms with van der Waals surface area (Å²) in [5.74, 6) is 1.80. The molecule has 5 nitrogen and oxygen atoms in total. The molecule has 2 N–H and O–H groups in total. The fourth-order valence-corrected chi connectivity index (χ4v) is 1.85. The summed E-state index contributed by atoms with van der Waals surface area (Å²) in [5.41, 5.74) is 6.20. The number of benzene rings is 1. The van der Waals surface area contributed by atoms with Crippen LogP contribution in [0.25, 0.3) is 0 Å². The Hall–Kier alpha value is -1.93. The van der Waals surface area contributed by atoms with Gasteiger partial charge in [0.2, 0.25) is 5.75 Å². The molecule has 0 amide bonds. The molecule has 0 aliphatic rings. The molecule has 0 bridgehead atoms. The van der Waals surface area contributed by atoms with Gasteiger partial charge in [-0.2, -0.15) is 5.26 Å². The highest BCUT2D eigenvalue weighted by Gasteiger charge is 2.19. The standard InChI is InChI=1S/C16H24N2O3/c1-16(2,11-18)6-8-21-15-13(19-3)9-12(5-7-17)10-14(15)20-4/h9-10H,5-8,17H2,1-4H3. The van der Waals surface area contributed by atoms with Gasteiger partial charge in [-0.25, -0.2) is 0 Å². The fourth-order valence-electron chi connectivity index (χ4n) is 1.85. The van der Waals surface area contributed by atoms with Gasteiger partial charge in [-0.05, 0) is 50.9 Å². The van der Waals surface area contributed by atoms with E-state index >= 15 is 0 Å². The van der Waals surface area contributed by atoms with Crippen LogP contribution in [0.1, 0.15) is 25.8 Å². The summed E-state index contributed by atoms with van der Waals surface area (Å²) in [5, 5.41) is 9.02. The van der Waals surface area contributed by atoms with E-state index in [1.165, 1.54) is 0 Å². The van der Waals surface area contributed by atoms with Crippen molar-refractivity contribution in [2.75, 3.05) is 27.4 Å². The largest absolute Gasteiger partial charge is 0.493 e. The molecular formula is C16H24N2O3. The lowest BCUT2D eigenvalue weighted by Crippen LogP contribution is -2.14. The van der Waals surface area contributed by atoms with Crippen molar-refractivity contribution in [2.45, 2.75) is 26.7 Å². The molecule has 0 saturated carbocycles. The highest BCUT2D eigenvalue weighted by molar-refractivity contribution is 5.54. The smallest absolute Gasteiger partial charge is 0.203 e. The van der Waals surface area contributed by atoms with Crippen LogP contribution in [0.2, 0.25) is 0 Å². The number of hydrogen-bond donors (Lipinski definition) is 1. The molecule has 21 heavy (non-hydrogen) atoms. The lowest BCUT2D eigenvalue weighted by atomic mass is 9.92. The van der Waals surface area contributed by atoms with Crippen molar-refractivity contribution in [3.63, 3.8) is 0 Å². The molecule has 5 heteroatoms. The van der Waals surface area contributed by atoms with Crippen LogP contribution in [0, 0.1) is 16.7 Å². The van der Waals surface area contributed by atoms with Crippen LogP contribution < -0.4 is 19.9 Å². The van der Waals surface area contributed by atoms with Crippen LogP contribution >= 0.6 is 0 Å². The first-order chi connectivity index (χ1) is 9.97. The van der Waals surface area contributed by atoms with Gasteiger partial charge in [0.15, 0.2) is 11.5 Å². The summed E-state index contributed by atoms with van der Waals surface area (Å²) >= 11 is 0. The van der Waals surface area contributed by atoms with Crippen molar-refractivity contribution in [2.24, 2.45) is 11.1 Å². The minimum atomic E-state index is -0.417. The van der Waals surface area contributed by atoms with Gasteiger partial charge in [-0.3, -0.25) is 0 Å². The summed E-state index contributed by atoms with van der Waals surface area (Å²) < 4.78 is 16.5. The van der Waals surface area contributed by atoms with Crippen molar-refractivity contribution < 1.29 is 14.2 Å². The molecule has 0 heterocycles. The molecule has 0 unspecified atom stereocenters. The van der Waals surface area contributed by atoms with E-state index in [-0.39, 0.29) is 0 Å². The third kappa shape index (κ3) is 4.83. The van der Waals surface area contributed by atoms with Crippen molar-refractivity contribution in [3.8, 4) is 23.3 Å². The molecule has 0 atom stereocenters. The van der Waals surface area contributed by atoms with Crippen LogP contribution in [0.4, 0.5) is 0 Å². The quantitative estimate of drug-likeness (QED) is 0.796. The van der Waals surface area contributed by atoms with Crippen molar-refractivity contribution in [1.29, 1.82) is 5.26 Å². The van der Waals surface area contributed by atoms with Crippen LogP contribution in [0.3, 0.4) is 0 Å². The number of ether oxygens (including phenoxy) is 3. The summed E-state index contributed by atoms with van der Waals surface area (Å²) in [7, 11) is 3.18. The minimum absolute atomic E-state index is 0.417. The maximum Gasteiger partial charge on any atom is 0.203 e. The number of rotatable bonds is 8. The predicted octanol–water partition coefficient (Wildman–Crippen LogP) is 2.52. The van der Waals surface area contributed by atoms with Crippen LogP contribution in [0.5, 0.6) is 17.2 Å². The van der Waals surface area contributed by atoms with Gasteiger partial charge in [0.1, 0.15) is 0 Å². The van der Waals surface area contributed by atoms with E-state index in [1.54, 1.807) is 14.2 Å². The van der Waals surface area contributed by atoms with E-state index in [1.807, 2.05) is 26.0 Å². The van der Waals surface area contributed by atoms with E-state index in [0.29, 0.717) is 36.8 Å². The second kappa shape index (κ2) is 7.75. The Kier molecular flexibility index (Phi) is 6.32. The first-order valence-corrected chi connectivity index (χ1v) is 6.96. The van der Waals surface area contributed by atoms with E-state index in [9.17, 15) is 0 Å². The molecule has 1 aromatic rings. The Morgan fingerprint density at radius 2 is 1.76 bits per heavy atom. The van der Waals surface area contributed by atoms with Gasteiger partial charge in [0.05, 0.1) is 32.3 Å². The Morgan fingerprint density at radius 1 is 1.19 bits per heavy atom. The first-order valence-electron chi connectivity index (χ1n) is 6.96. The molecule has 116 valence electrons. The van der Waals surface area contributed by atoms with Crippen molar-refractivity contribution in [3.05, 3.63) is 17.7 Å². The van der Waals surface area contributed by atoms with Crippen LogP contribution in [-0.4, -0.2) is 27.4 Å². The molecule has 0 radical (unpaired) electrons. The molecule has 1 rings (SSSR count). The molecule has 0 aliphatic carbocycles. The SMILES string of the molecule is COc1cc(CCN)cc(OC)c1OCCC(C)(C)C#N. The lowest BCUT2D eigenvalue weighted by Gasteiger charge is -2.19. The third-order valence-electron chi connectivity index (χ3n) is 3.23. The van der Waals surface area contributed by atoms with Gasteiger partial charge in [0, 0.05) is 0 Å². The van der Waals surface area contributed by atoms with Gasteiger partial charge >= 0.3 is 0 Å². The van der Waals surface area contributed by atoms with Crippen LogP contribution in [0.15, 0.2) is 12.1 Å². The van der Waals surface area contributed by atoms with E-state index < -0.39 is 5.41 Å². The minimum Gasteiger partial charge on any atom is -0.493 e. The van der Waals surface area contributed by atoms with E-state index in [0.717, 1.165) is 12.0 Å². The first kappa shape index (κ1) is 17.1.